The van der Waals surface area contributed by atoms with Gasteiger partial charge < -0.3 is 19.6 Å². The highest BCUT2D eigenvalue weighted by atomic mass is 16.2. The molecule has 0 radical (unpaired) electrons. The monoisotopic (exact) mass is 392 g/mol. The number of piperazine rings is 1. The number of hydrogen-bond acceptors (Lipinski definition) is 4. The number of hydrogen-bond donors (Lipinski definition) is 0. The molecule has 0 aromatic rings. The third kappa shape index (κ3) is 4.50. The molecule has 0 aromatic heterocycles. The topological polar surface area (TPSA) is 64.2 Å². The number of likely N-dealkylation sites (N-methyl/N-ethyl adjacent to an activating group) is 1. The molecule has 1 unspecified atom stereocenters. The van der Waals surface area contributed by atoms with Crippen molar-refractivity contribution in [3.05, 3.63) is 0 Å². The van der Waals surface area contributed by atoms with Crippen molar-refractivity contribution >= 4 is 17.7 Å². The van der Waals surface area contributed by atoms with Gasteiger partial charge in [-0.1, -0.05) is 6.92 Å². The van der Waals surface area contributed by atoms with Crippen LogP contribution in [-0.4, -0.2) is 95.2 Å². The fourth-order valence-electron chi connectivity index (χ4n) is 4.67. The molecule has 0 aliphatic carbocycles. The fraction of sp³-hybridized carbons (Fsp3) is 0.857. The number of likely N-dealkylation sites (tertiary alicyclic amines) is 2. The summed E-state index contributed by atoms with van der Waals surface area (Å²) >= 11 is 0. The molecule has 7 heteroatoms. The van der Waals surface area contributed by atoms with Crippen LogP contribution in [0, 0.1) is 11.8 Å². The minimum Gasteiger partial charge on any atom is -0.342 e. The molecule has 3 heterocycles. The molecule has 3 rings (SSSR count). The number of nitrogens with zero attached hydrogens (tertiary/aromatic N) is 4. The van der Waals surface area contributed by atoms with Crippen LogP contribution >= 0.6 is 0 Å². The molecule has 0 N–H and O–H groups in total. The van der Waals surface area contributed by atoms with Crippen LogP contribution in [0.15, 0.2) is 0 Å². The first-order valence-electron chi connectivity index (χ1n) is 10.8. The number of carbonyl (C=O) groups is 3. The highest BCUT2D eigenvalue weighted by Crippen LogP contribution is 2.29. The average molecular weight is 393 g/mol. The SMILES string of the molecule is CCN1CCN(C(=O)C2CCN(C(=O)C3CC(=O)N(C(C)(C)C)C3)CC2)CC1. The van der Waals surface area contributed by atoms with E-state index in [2.05, 4.69) is 11.8 Å². The van der Waals surface area contributed by atoms with E-state index in [0.717, 1.165) is 45.6 Å². The van der Waals surface area contributed by atoms with Gasteiger partial charge in [0.05, 0.1) is 5.92 Å². The lowest BCUT2D eigenvalue weighted by atomic mass is 9.93. The highest BCUT2D eigenvalue weighted by Gasteiger charge is 2.41. The molecule has 28 heavy (non-hydrogen) atoms. The third-order valence-corrected chi connectivity index (χ3v) is 6.57. The van der Waals surface area contributed by atoms with Crippen molar-refractivity contribution in [3.63, 3.8) is 0 Å². The Hall–Kier alpha value is -1.63. The molecule has 7 nitrogen and oxygen atoms in total. The second kappa shape index (κ2) is 8.39. The van der Waals surface area contributed by atoms with Gasteiger partial charge >= 0.3 is 0 Å². The van der Waals surface area contributed by atoms with Gasteiger partial charge in [-0.3, -0.25) is 14.4 Å². The summed E-state index contributed by atoms with van der Waals surface area (Å²) in [5.41, 5.74) is -0.243. The summed E-state index contributed by atoms with van der Waals surface area (Å²) in [5.74, 6) is 0.220. The minimum absolute atomic E-state index is 0.0357. The van der Waals surface area contributed by atoms with E-state index in [1.807, 2.05) is 35.5 Å². The van der Waals surface area contributed by atoms with Gasteiger partial charge in [-0.05, 0) is 40.2 Å². The Labute approximate surface area is 169 Å². The minimum atomic E-state index is -0.243. The lowest BCUT2D eigenvalue weighted by Gasteiger charge is -2.38. The largest absolute Gasteiger partial charge is 0.342 e. The lowest BCUT2D eigenvalue weighted by Crippen LogP contribution is -2.52. The first kappa shape index (κ1) is 21.1. The summed E-state index contributed by atoms with van der Waals surface area (Å²) in [4.78, 5) is 46.1. The molecule has 3 saturated heterocycles. The van der Waals surface area contributed by atoms with Gasteiger partial charge in [-0.2, -0.15) is 0 Å². The van der Waals surface area contributed by atoms with E-state index in [0.29, 0.717) is 26.1 Å². The quantitative estimate of drug-likeness (QED) is 0.720. The Kier molecular flexibility index (Phi) is 6.32. The third-order valence-electron chi connectivity index (χ3n) is 6.57. The van der Waals surface area contributed by atoms with Crippen LogP contribution in [0.25, 0.3) is 0 Å². The van der Waals surface area contributed by atoms with Crippen molar-refractivity contribution in [2.24, 2.45) is 11.8 Å². The van der Waals surface area contributed by atoms with E-state index in [-0.39, 0.29) is 35.1 Å². The molecular formula is C21H36N4O3. The molecule has 3 aliphatic heterocycles. The summed E-state index contributed by atoms with van der Waals surface area (Å²) in [6.07, 6.45) is 1.79. The van der Waals surface area contributed by atoms with Crippen LogP contribution in [0.3, 0.4) is 0 Å². The van der Waals surface area contributed by atoms with Crippen LogP contribution in [0.4, 0.5) is 0 Å². The van der Waals surface area contributed by atoms with Gasteiger partial charge in [-0.25, -0.2) is 0 Å². The van der Waals surface area contributed by atoms with E-state index in [1.54, 1.807) is 0 Å². The van der Waals surface area contributed by atoms with Crippen molar-refractivity contribution < 1.29 is 14.4 Å². The Morgan fingerprint density at radius 1 is 0.893 bits per heavy atom. The van der Waals surface area contributed by atoms with Crippen molar-refractivity contribution in [3.8, 4) is 0 Å². The van der Waals surface area contributed by atoms with E-state index in [1.165, 1.54) is 0 Å². The molecule has 1 atom stereocenters. The van der Waals surface area contributed by atoms with Crippen LogP contribution in [0.5, 0.6) is 0 Å². The molecular weight excluding hydrogens is 356 g/mol. The van der Waals surface area contributed by atoms with Crippen molar-refractivity contribution in [2.75, 3.05) is 52.4 Å². The Morgan fingerprint density at radius 3 is 1.93 bits per heavy atom. The van der Waals surface area contributed by atoms with Crippen molar-refractivity contribution in [2.45, 2.75) is 52.5 Å². The van der Waals surface area contributed by atoms with Gasteiger partial charge in [-0.15, -0.1) is 0 Å². The summed E-state index contributed by atoms with van der Waals surface area (Å²) in [7, 11) is 0. The van der Waals surface area contributed by atoms with E-state index >= 15 is 0 Å². The molecule has 0 saturated carbocycles. The second-order valence-electron chi connectivity index (χ2n) is 9.44. The van der Waals surface area contributed by atoms with Crippen molar-refractivity contribution in [1.29, 1.82) is 0 Å². The predicted octanol–water partition coefficient (Wildman–Crippen LogP) is 1.04. The van der Waals surface area contributed by atoms with Crippen LogP contribution in [0.2, 0.25) is 0 Å². The van der Waals surface area contributed by atoms with Gasteiger partial charge in [0.2, 0.25) is 17.7 Å². The van der Waals surface area contributed by atoms with Crippen molar-refractivity contribution in [1.82, 2.24) is 19.6 Å². The zero-order valence-corrected chi connectivity index (χ0v) is 17.9. The van der Waals surface area contributed by atoms with E-state index in [9.17, 15) is 14.4 Å². The summed E-state index contributed by atoms with van der Waals surface area (Å²) in [6.45, 7) is 14.5. The maximum absolute atomic E-state index is 12.9. The normalized spacial score (nSPS) is 25.5. The first-order chi connectivity index (χ1) is 13.2. The molecule has 0 aromatic carbocycles. The Bertz CT molecular complexity index is 599. The molecule has 3 amide bonds. The summed E-state index contributed by atoms with van der Waals surface area (Å²) in [6, 6.07) is 0. The predicted molar refractivity (Wildman–Crippen MR) is 108 cm³/mol. The Morgan fingerprint density at radius 2 is 1.43 bits per heavy atom. The van der Waals surface area contributed by atoms with Crippen LogP contribution in [0.1, 0.15) is 47.0 Å². The van der Waals surface area contributed by atoms with Gasteiger partial charge in [0.15, 0.2) is 0 Å². The first-order valence-corrected chi connectivity index (χ1v) is 10.8. The molecule has 3 fully saturated rings. The van der Waals surface area contributed by atoms with E-state index in [4.69, 9.17) is 0 Å². The average Bonchev–Trinajstić information content (AvgIpc) is 3.09. The number of piperidine rings is 1. The number of amides is 3. The van der Waals surface area contributed by atoms with Gasteiger partial charge in [0.1, 0.15) is 0 Å². The maximum Gasteiger partial charge on any atom is 0.227 e. The number of carbonyl (C=O) groups excluding carboxylic acids is 3. The smallest absolute Gasteiger partial charge is 0.227 e. The summed E-state index contributed by atoms with van der Waals surface area (Å²) < 4.78 is 0. The van der Waals surface area contributed by atoms with Gasteiger partial charge in [0, 0.05) is 63.7 Å². The number of rotatable bonds is 3. The standard InChI is InChI=1S/C21H36N4O3/c1-5-22-10-12-24(13-11-22)19(27)16-6-8-23(9-7-16)20(28)17-14-18(26)25(15-17)21(2,3)4/h16-17H,5-15H2,1-4H3. The van der Waals surface area contributed by atoms with Crippen LogP contribution < -0.4 is 0 Å². The lowest BCUT2D eigenvalue weighted by molar-refractivity contribution is -0.143. The Balaban J connectivity index is 1.48. The van der Waals surface area contributed by atoms with E-state index < -0.39 is 0 Å². The zero-order chi connectivity index (χ0) is 20.5. The van der Waals surface area contributed by atoms with Gasteiger partial charge in [0.25, 0.3) is 0 Å². The molecule has 0 spiro atoms. The molecule has 0 bridgehead atoms. The fourth-order valence-corrected chi connectivity index (χ4v) is 4.67. The second-order valence-corrected chi connectivity index (χ2v) is 9.44. The highest BCUT2D eigenvalue weighted by molar-refractivity contribution is 5.90. The molecule has 3 aliphatic rings. The zero-order valence-electron chi connectivity index (χ0n) is 17.9. The summed E-state index contributed by atoms with van der Waals surface area (Å²) in [5, 5.41) is 0. The molecule has 158 valence electrons. The maximum atomic E-state index is 12.9. The van der Waals surface area contributed by atoms with Crippen LogP contribution in [-0.2, 0) is 14.4 Å².